The summed E-state index contributed by atoms with van der Waals surface area (Å²) in [5.74, 6) is 0. The molecule has 0 aliphatic heterocycles. The minimum atomic E-state index is -4.48. The Bertz CT molecular complexity index is 332. The fraction of sp³-hybridized carbons (Fsp3) is 0.125. The molecule has 5 heteroatoms. The number of aliphatic hydroxyl groups excluding tert-OH is 1. The molecule has 0 unspecified atom stereocenters. The van der Waals surface area contributed by atoms with E-state index in [0.717, 1.165) is 12.1 Å². The van der Waals surface area contributed by atoms with E-state index in [2.05, 4.69) is 12.2 Å². The Hall–Kier alpha value is -1.10. The number of halogens is 3. The van der Waals surface area contributed by atoms with E-state index in [1.54, 1.807) is 0 Å². The average molecular weight is 206 g/mol. The molecule has 1 rings (SSSR count). The third kappa shape index (κ3) is 2.18. The van der Waals surface area contributed by atoms with Crippen LogP contribution < -0.4 is 0 Å². The number of alkyl halides is 3. The van der Waals surface area contributed by atoms with Crippen LogP contribution in [-0.4, -0.2) is 10.2 Å². The molecule has 0 amide bonds. The first-order valence-electron chi connectivity index (χ1n) is 3.32. The van der Waals surface area contributed by atoms with Gasteiger partial charge in [0, 0.05) is 5.56 Å². The zero-order valence-electron chi connectivity index (χ0n) is 6.30. The van der Waals surface area contributed by atoms with Crippen LogP contribution in [0.25, 0.3) is 0 Å². The predicted molar refractivity (Wildman–Crippen MR) is 45.8 cm³/mol. The maximum atomic E-state index is 12.2. The normalized spacial score (nSPS) is 11.3. The zero-order valence-corrected chi connectivity index (χ0v) is 7.12. The molecule has 1 aromatic carbocycles. The maximum absolute atomic E-state index is 12.2. The van der Waals surface area contributed by atoms with Crippen molar-refractivity contribution in [2.45, 2.75) is 6.18 Å². The molecule has 1 N–H and O–H groups in total. The van der Waals surface area contributed by atoms with Crippen molar-refractivity contribution in [3.05, 3.63) is 35.4 Å². The lowest BCUT2D eigenvalue weighted by Crippen LogP contribution is -2.11. The van der Waals surface area contributed by atoms with E-state index in [1.807, 2.05) is 0 Å². The van der Waals surface area contributed by atoms with Crippen LogP contribution in [0.3, 0.4) is 0 Å². The van der Waals surface area contributed by atoms with Crippen molar-refractivity contribution in [1.29, 1.82) is 0 Å². The van der Waals surface area contributed by atoms with Crippen LogP contribution in [0.15, 0.2) is 24.3 Å². The molecular formula is C8H5F3OS. The van der Waals surface area contributed by atoms with Crippen LogP contribution in [0.1, 0.15) is 11.1 Å². The lowest BCUT2D eigenvalue weighted by molar-refractivity contribution is -0.137. The van der Waals surface area contributed by atoms with Crippen molar-refractivity contribution >= 4 is 17.3 Å². The number of rotatable bonds is 1. The Labute approximate surface area is 77.8 Å². The summed E-state index contributed by atoms with van der Waals surface area (Å²) in [7, 11) is 0. The number of benzene rings is 1. The van der Waals surface area contributed by atoms with E-state index in [0.29, 0.717) is 0 Å². The fourth-order valence-electron chi connectivity index (χ4n) is 0.917. The van der Waals surface area contributed by atoms with Crippen molar-refractivity contribution in [3.8, 4) is 0 Å². The smallest absolute Gasteiger partial charge is 0.417 e. The Morgan fingerprint density at radius 2 is 1.77 bits per heavy atom. The maximum Gasteiger partial charge on any atom is 0.417 e. The van der Waals surface area contributed by atoms with Crippen molar-refractivity contribution in [3.63, 3.8) is 0 Å². The molecule has 0 aromatic heterocycles. The summed E-state index contributed by atoms with van der Waals surface area (Å²) in [5.41, 5.74) is -1.27. The second kappa shape index (κ2) is 3.33. The third-order valence-electron chi connectivity index (χ3n) is 1.46. The Morgan fingerprint density at radius 3 is 2.15 bits per heavy atom. The summed E-state index contributed by atoms with van der Waals surface area (Å²) in [4.78, 5) is 0. The van der Waals surface area contributed by atoms with Crippen LogP contribution in [-0.2, 0) is 6.18 Å². The minimum absolute atomic E-state index is 0.356. The van der Waals surface area contributed by atoms with Crippen LogP contribution in [0, 0.1) is 0 Å². The highest BCUT2D eigenvalue weighted by Crippen LogP contribution is 2.31. The third-order valence-corrected chi connectivity index (χ3v) is 1.68. The Kier molecular flexibility index (Phi) is 2.56. The van der Waals surface area contributed by atoms with Crippen molar-refractivity contribution in [1.82, 2.24) is 0 Å². The van der Waals surface area contributed by atoms with Crippen molar-refractivity contribution < 1.29 is 18.3 Å². The second-order valence-corrected chi connectivity index (χ2v) is 2.74. The highest BCUT2D eigenvalue weighted by molar-refractivity contribution is 7.80. The molecule has 0 aliphatic rings. The molecule has 1 nitrogen and oxygen atoms in total. The van der Waals surface area contributed by atoms with Crippen LogP contribution in [0.5, 0.6) is 0 Å². The number of aliphatic hydroxyl groups is 1. The molecule has 0 atom stereocenters. The largest absolute Gasteiger partial charge is 0.499 e. The van der Waals surface area contributed by atoms with Gasteiger partial charge >= 0.3 is 6.18 Å². The molecule has 13 heavy (non-hydrogen) atoms. The molecule has 0 fully saturated rings. The van der Waals surface area contributed by atoms with E-state index in [1.165, 1.54) is 12.1 Å². The van der Waals surface area contributed by atoms with E-state index in [9.17, 15) is 13.2 Å². The van der Waals surface area contributed by atoms with Gasteiger partial charge in [-0.05, 0) is 24.4 Å². The molecule has 0 spiro atoms. The van der Waals surface area contributed by atoms with Crippen LogP contribution >= 0.6 is 12.2 Å². The van der Waals surface area contributed by atoms with Crippen molar-refractivity contribution in [2.24, 2.45) is 0 Å². The highest BCUT2D eigenvalue weighted by atomic mass is 32.1. The predicted octanol–water partition coefficient (Wildman–Crippen LogP) is 2.94. The molecular weight excluding hydrogens is 201 g/mol. The minimum Gasteiger partial charge on any atom is -0.499 e. The molecule has 0 bridgehead atoms. The summed E-state index contributed by atoms with van der Waals surface area (Å²) in [5, 5.41) is 8.06. The number of hydrogen-bond donors (Lipinski definition) is 1. The van der Waals surface area contributed by atoms with E-state index in [4.69, 9.17) is 5.11 Å². The van der Waals surface area contributed by atoms with Gasteiger partial charge in [0.25, 0.3) is 0 Å². The molecule has 0 heterocycles. The van der Waals surface area contributed by atoms with E-state index < -0.39 is 16.8 Å². The monoisotopic (exact) mass is 206 g/mol. The van der Waals surface area contributed by atoms with Crippen molar-refractivity contribution in [2.75, 3.05) is 0 Å². The van der Waals surface area contributed by atoms with Gasteiger partial charge in [0.1, 0.15) is 0 Å². The van der Waals surface area contributed by atoms with E-state index >= 15 is 0 Å². The molecule has 70 valence electrons. The molecule has 0 aliphatic carbocycles. The first-order chi connectivity index (χ1) is 5.93. The van der Waals surface area contributed by atoms with Crippen LogP contribution in [0.2, 0.25) is 0 Å². The van der Waals surface area contributed by atoms with Gasteiger partial charge in [0.2, 0.25) is 0 Å². The van der Waals surface area contributed by atoms with Crippen LogP contribution in [0.4, 0.5) is 13.2 Å². The summed E-state index contributed by atoms with van der Waals surface area (Å²) in [6, 6.07) is 4.63. The topological polar surface area (TPSA) is 20.2 Å². The molecule has 0 saturated carbocycles. The van der Waals surface area contributed by atoms with Gasteiger partial charge in [-0.15, -0.1) is 0 Å². The average Bonchev–Trinajstić information content (AvgIpc) is 2.03. The highest BCUT2D eigenvalue weighted by Gasteiger charge is 2.33. The summed E-state index contributed by atoms with van der Waals surface area (Å²) in [6.07, 6.45) is -4.48. The first-order valence-corrected chi connectivity index (χ1v) is 3.73. The number of hydrogen-bond acceptors (Lipinski definition) is 1. The Balaban J connectivity index is 3.28. The van der Waals surface area contributed by atoms with Gasteiger partial charge in [-0.2, -0.15) is 13.2 Å². The number of thiocarbonyl (C=S) groups is 1. The second-order valence-electron chi connectivity index (χ2n) is 2.35. The summed E-state index contributed by atoms with van der Waals surface area (Å²) in [6.45, 7) is 0. The van der Waals surface area contributed by atoms with Gasteiger partial charge in [-0.25, -0.2) is 0 Å². The molecule has 1 aromatic rings. The fourth-order valence-corrected chi connectivity index (χ4v) is 1.09. The zero-order chi connectivity index (χ0) is 10.1. The lowest BCUT2D eigenvalue weighted by Gasteiger charge is -2.09. The molecule has 0 saturated heterocycles. The standard InChI is InChI=1S/C8H5F3OS/c9-8(10,11)6-4-2-1-3-5(6)7(12)13/h1-4H,(H,12,13). The molecule has 0 radical (unpaired) electrons. The first kappa shape index (κ1) is 9.98. The van der Waals surface area contributed by atoms with Gasteiger partial charge in [-0.3, -0.25) is 0 Å². The summed E-state index contributed by atoms with van der Waals surface area (Å²) >= 11 is 4.27. The summed E-state index contributed by atoms with van der Waals surface area (Å²) < 4.78 is 36.7. The van der Waals surface area contributed by atoms with Gasteiger partial charge in [-0.1, -0.05) is 12.1 Å². The van der Waals surface area contributed by atoms with Gasteiger partial charge < -0.3 is 5.11 Å². The van der Waals surface area contributed by atoms with Gasteiger partial charge in [0.05, 0.1) is 5.56 Å². The quantitative estimate of drug-likeness (QED) is 0.713. The van der Waals surface area contributed by atoms with Gasteiger partial charge in [0.15, 0.2) is 5.05 Å². The SMILES string of the molecule is OC(=S)c1ccccc1C(F)(F)F. The Morgan fingerprint density at radius 1 is 1.23 bits per heavy atom. The van der Waals surface area contributed by atoms with E-state index in [-0.39, 0.29) is 5.56 Å². The lowest BCUT2D eigenvalue weighted by atomic mass is 10.1.